The summed E-state index contributed by atoms with van der Waals surface area (Å²) < 4.78 is 14.6. The minimum Gasteiger partial charge on any atom is -0.292 e. The maximum Gasteiger partial charge on any atom is 0.257 e. The highest BCUT2D eigenvalue weighted by molar-refractivity contribution is 6.03. The highest BCUT2D eigenvalue weighted by Gasteiger charge is 2.35. The number of halogens is 1. The van der Waals surface area contributed by atoms with Gasteiger partial charge >= 0.3 is 0 Å². The molecule has 0 aliphatic carbocycles. The molecule has 1 fully saturated rings. The number of hydrogen-bond acceptors (Lipinski definition) is 3. The molecule has 0 radical (unpaired) electrons. The first kappa shape index (κ1) is 19.8. The second-order valence-corrected chi connectivity index (χ2v) is 8.21. The van der Waals surface area contributed by atoms with E-state index in [1.165, 1.54) is 17.5 Å². The number of nitrogens with zero attached hydrogens (tertiary/aromatic N) is 3. The molecular formula is C24H28FN3O. The number of carbonyl (C=O) groups is 1. The van der Waals surface area contributed by atoms with E-state index in [9.17, 15) is 9.18 Å². The zero-order chi connectivity index (χ0) is 20.4. The number of likely N-dealkylation sites (tertiary alicyclic amines) is 1. The number of carbonyl (C=O) groups excluding carboxylic acids is 1. The maximum atomic E-state index is 14.6. The molecule has 2 aromatic carbocycles. The molecule has 2 atom stereocenters. The van der Waals surface area contributed by atoms with E-state index in [1.54, 1.807) is 12.1 Å². The van der Waals surface area contributed by atoms with Gasteiger partial charge in [0, 0.05) is 18.0 Å². The first-order valence-corrected chi connectivity index (χ1v) is 10.5. The van der Waals surface area contributed by atoms with Crippen molar-refractivity contribution in [3.8, 4) is 0 Å². The highest BCUT2D eigenvalue weighted by atomic mass is 19.1. The topological polar surface area (TPSA) is 35.9 Å². The van der Waals surface area contributed by atoms with Crippen LogP contribution in [0.5, 0.6) is 0 Å². The van der Waals surface area contributed by atoms with Gasteiger partial charge in [0.2, 0.25) is 0 Å². The fourth-order valence-corrected chi connectivity index (χ4v) is 4.37. The van der Waals surface area contributed by atoms with Crippen LogP contribution in [0.25, 0.3) is 0 Å². The molecule has 0 spiro atoms. The van der Waals surface area contributed by atoms with E-state index in [0.29, 0.717) is 24.6 Å². The lowest BCUT2D eigenvalue weighted by Gasteiger charge is -2.34. The predicted molar refractivity (Wildman–Crippen MR) is 113 cm³/mol. The molecule has 0 bridgehead atoms. The van der Waals surface area contributed by atoms with Gasteiger partial charge in [-0.3, -0.25) is 9.69 Å². The number of hydrogen-bond donors (Lipinski definition) is 0. The van der Waals surface area contributed by atoms with E-state index in [-0.39, 0.29) is 11.7 Å². The number of rotatable bonds is 4. The Bertz CT molecular complexity index is 926. The van der Waals surface area contributed by atoms with Crippen molar-refractivity contribution < 1.29 is 9.18 Å². The number of aryl methyl sites for hydroxylation is 1. The first-order chi connectivity index (χ1) is 14.0. The SMILES string of the molecule is Cc1cccc(C2=NN(C(=O)CN3CCCC[C@@H]3C)[C@H](c3ccccc3F)C2)c1. The van der Waals surface area contributed by atoms with Crippen molar-refractivity contribution in [3.63, 3.8) is 0 Å². The molecule has 2 aliphatic heterocycles. The number of piperidine rings is 1. The van der Waals surface area contributed by atoms with E-state index in [2.05, 4.69) is 17.9 Å². The van der Waals surface area contributed by atoms with Crippen molar-refractivity contribution >= 4 is 11.6 Å². The van der Waals surface area contributed by atoms with Gasteiger partial charge in [-0.2, -0.15) is 5.10 Å². The number of hydrazone groups is 1. The molecule has 2 aliphatic rings. The molecule has 1 amide bonds. The van der Waals surface area contributed by atoms with Gasteiger partial charge in [-0.25, -0.2) is 9.40 Å². The van der Waals surface area contributed by atoms with Crippen molar-refractivity contribution in [3.05, 3.63) is 71.0 Å². The van der Waals surface area contributed by atoms with Crippen LogP contribution in [0.2, 0.25) is 0 Å². The second-order valence-electron chi connectivity index (χ2n) is 8.21. The molecule has 1 saturated heterocycles. The third-order valence-corrected chi connectivity index (χ3v) is 6.06. The van der Waals surface area contributed by atoms with E-state index >= 15 is 0 Å². The highest BCUT2D eigenvalue weighted by Crippen LogP contribution is 2.34. The van der Waals surface area contributed by atoms with Gasteiger partial charge in [-0.1, -0.05) is 54.4 Å². The summed E-state index contributed by atoms with van der Waals surface area (Å²) in [5, 5.41) is 6.22. The molecule has 0 saturated carbocycles. The van der Waals surface area contributed by atoms with Crippen LogP contribution in [-0.2, 0) is 4.79 Å². The Labute approximate surface area is 172 Å². The molecule has 2 heterocycles. The lowest BCUT2D eigenvalue weighted by atomic mass is 9.97. The van der Waals surface area contributed by atoms with Gasteiger partial charge in [0.05, 0.1) is 18.3 Å². The standard InChI is InChI=1S/C24H28FN3O/c1-17-8-7-10-19(14-17)22-15-23(20-11-3-4-12-21(20)25)28(26-22)24(29)16-27-13-6-5-9-18(27)2/h3-4,7-8,10-12,14,18,23H,5-6,9,13,15-16H2,1-2H3/t18-,23-/m0/s1. The summed E-state index contributed by atoms with van der Waals surface area (Å²) in [5.41, 5.74) is 3.49. The second kappa shape index (κ2) is 8.46. The third-order valence-electron chi connectivity index (χ3n) is 6.06. The Hall–Kier alpha value is -2.53. The molecule has 4 rings (SSSR count). The molecule has 4 nitrogen and oxygen atoms in total. The number of amides is 1. The summed E-state index contributed by atoms with van der Waals surface area (Å²) in [5.74, 6) is -0.350. The Morgan fingerprint density at radius 1 is 1.17 bits per heavy atom. The van der Waals surface area contributed by atoms with Crippen LogP contribution < -0.4 is 0 Å². The van der Waals surface area contributed by atoms with E-state index in [1.807, 2.05) is 31.2 Å². The van der Waals surface area contributed by atoms with Crippen LogP contribution in [0.4, 0.5) is 4.39 Å². The molecule has 152 valence electrons. The molecule has 29 heavy (non-hydrogen) atoms. The molecule has 2 aromatic rings. The van der Waals surface area contributed by atoms with Gasteiger partial charge in [0.1, 0.15) is 5.82 Å². The largest absolute Gasteiger partial charge is 0.292 e. The van der Waals surface area contributed by atoms with Gasteiger partial charge in [-0.15, -0.1) is 0 Å². The summed E-state index contributed by atoms with van der Waals surface area (Å²) >= 11 is 0. The van der Waals surface area contributed by atoms with Crippen LogP contribution in [0.1, 0.15) is 55.3 Å². The van der Waals surface area contributed by atoms with Crippen LogP contribution in [-0.4, -0.2) is 40.7 Å². The van der Waals surface area contributed by atoms with E-state index < -0.39 is 6.04 Å². The average Bonchev–Trinajstić information content (AvgIpc) is 3.15. The minimum atomic E-state index is -0.403. The van der Waals surface area contributed by atoms with Crippen molar-refractivity contribution in [1.29, 1.82) is 0 Å². The zero-order valence-electron chi connectivity index (χ0n) is 17.1. The van der Waals surface area contributed by atoms with Gasteiger partial charge < -0.3 is 0 Å². The van der Waals surface area contributed by atoms with Crippen molar-refractivity contribution in [2.75, 3.05) is 13.1 Å². The monoisotopic (exact) mass is 393 g/mol. The van der Waals surface area contributed by atoms with Crippen molar-refractivity contribution in [2.45, 2.75) is 51.6 Å². The third kappa shape index (κ3) is 4.25. The van der Waals surface area contributed by atoms with Crippen molar-refractivity contribution in [1.82, 2.24) is 9.91 Å². The minimum absolute atomic E-state index is 0.0605. The summed E-state index contributed by atoms with van der Waals surface area (Å²) in [6.45, 7) is 5.47. The Morgan fingerprint density at radius 3 is 2.76 bits per heavy atom. The van der Waals surface area contributed by atoms with Crippen LogP contribution in [0, 0.1) is 12.7 Å². The normalized spacial score (nSPS) is 22.6. The van der Waals surface area contributed by atoms with Crippen LogP contribution in [0.15, 0.2) is 53.6 Å². The Balaban J connectivity index is 1.63. The quantitative estimate of drug-likeness (QED) is 0.756. The van der Waals surface area contributed by atoms with Gasteiger partial charge in [-0.05, 0) is 44.9 Å². The fourth-order valence-electron chi connectivity index (χ4n) is 4.37. The fraction of sp³-hybridized carbons (Fsp3) is 0.417. The summed E-state index contributed by atoms with van der Waals surface area (Å²) in [6.07, 6.45) is 3.96. The molecule has 0 unspecified atom stereocenters. The summed E-state index contributed by atoms with van der Waals surface area (Å²) in [4.78, 5) is 15.5. The summed E-state index contributed by atoms with van der Waals surface area (Å²) in [7, 11) is 0. The van der Waals surface area contributed by atoms with E-state index in [0.717, 1.165) is 36.2 Å². The predicted octanol–water partition coefficient (Wildman–Crippen LogP) is 4.69. The Morgan fingerprint density at radius 2 is 2.00 bits per heavy atom. The van der Waals surface area contributed by atoms with Gasteiger partial charge in [0.15, 0.2) is 0 Å². The number of benzene rings is 2. The molecule has 0 aromatic heterocycles. The molecular weight excluding hydrogens is 365 g/mol. The molecule has 0 N–H and O–H groups in total. The van der Waals surface area contributed by atoms with Crippen molar-refractivity contribution in [2.24, 2.45) is 5.10 Å². The molecule has 5 heteroatoms. The summed E-state index contributed by atoms with van der Waals surface area (Å²) in [6, 6.07) is 14.8. The first-order valence-electron chi connectivity index (χ1n) is 10.5. The smallest absolute Gasteiger partial charge is 0.257 e. The van der Waals surface area contributed by atoms with Crippen LogP contribution in [0.3, 0.4) is 0 Å². The Kier molecular flexibility index (Phi) is 5.76. The lowest BCUT2D eigenvalue weighted by Crippen LogP contribution is -2.44. The zero-order valence-corrected chi connectivity index (χ0v) is 17.1. The van der Waals surface area contributed by atoms with Gasteiger partial charge in [0.25, 0.3) is 5.91 Å². The van der Waals surface area contributed by atoms with Crippen LogP contribution >= 0.6 is 0 Å². The average molecular weight is 394 g/mol. The lowest BCUT2D eigenvalue weighted by molar-refractivity contribution is -0.135. The van der Waals surface area contributed by atoms with E-state index in [4.69, 9.17) is 5.10 Å². The maximum absolute atomic E-state index is 14.6.